The lowest BCUT2D eigenvalue weighted by atomic mass is 9.94. The fourth-order valence-electron chi connectivity index (χ4n) is 2.00. The number of nitrogens with one attached hydrogen (secondary N) is 2. The predicted octanol–water partition coefficient (Wildman–Crippen LogP) is 1.55. The summed E-state index contributed by atoms with van der Waals surface area (Å²) in [4.78, 5) is 15.5. The Morgan fingerprint density at radius 2 is 2.41 bits per heavy atom. The van der Waals surface area contributed by atoms with E-state index in [-0.39, 0.29) is 17.8 Å². The molecular weight excluding hydrogens is 221 g/mol. The van der Waals surface area contributed by atoms with Gasteiger partial charge in [-0.05, 0) is 37.4 Å². The van der Waals surface area contributed by atoms with Crippen molar-refractivity contribution in [1.82, 2.24) is 10.3 Å². The van der Waals surface area contributed by atoms with Crippen molar-refractivity contribution in [3.05, 3.63) is 24.1 Å². The molecular formula is C12H16FN3O. The van der Waals surface area contributed by atoms with Crippen molar-refractivity contribution in [1.29, 1.82) is 0 Å². The van der Waals surface area contributed by atoms with E-state index in [1.807, 2.05) is 0 Å². The summed E-state index contributed by atoms with van der Waals surface area (Å²) in [6.07, 6.45) is 1.89. The number of carbonyl (C=O) groups excluding carboxylic acids is 1. The summed E-state index contributed by atoms with van der Waals surface area (Å²) in [6, 6.07) is 4.14. The zero-order valence-corrected chi connectivity index (χ0v) is 9.74. The molecule has 0 spiro atoms. The molecule has 0 bridgehead atoms. The number of piperidine rings is 1. The molecule has 5 heteroatoms. The second-order valence-corrected chi connectivity index (χ2v) is 4.47. The van der Waals surface area contributed by atoms with Gasteiger partial charge in [-0.25, -0.2) is 4.98 Å². The minimum absolute atomic E-state index is 0.144. The van der Waals surface area contributed by atoms with Crippen LogP contribution in [0.4, 0.5) is 10.2 Å². The minimum Gasteiger partial charge on any atom is -0.309 e. The average Bonchev–Trinajstić information content (AvgIpc) is 2.29. The molecule has 1 aromatic rings. The zero-order valence-electron chi connectivity index (χ0n) is 9.74. The molecule has 1 aliphatic heterocycles. The van der Waals surface area contributed by atoms with Crippen LogP contribution < -0.4 is 10.6 Å². The number of pyridine rings is 1. The standard InChI is InChI=1S/C12H16FN3O/c1-8-5-6-14-9(7-8)12(17)16-11-4-2-3-10(13)15-11/h2-4,8-9,14H,5-7H2,1H3,(H,15,16,17). The lowest BCUT2D eigenvalue weighted by Crippen LogP contribution is -2.45. The number of carbonyl (C=O) groups is 1. The normalized spacial score (nSPS) is 24.4. The molecule has 17 heavy (non-hydrogen) atoms. The lowest BCUT2D eigenvalue weighted by Gasteiger charge is -2.27. The maximum atomic E-state index is 12.8. The van der Waals surface area contributed by atoms with Crippen LogP contribution in [0.3, 0.4) is 0 Å². The van der Waals surface area contributed by atoms with Gasteiger partial charge in [0.1, 0.15) is 5.82 Å². The summed E-state index contributed by atoms with van der Waals surface area (Å²) in [5.74, 6) is 0.0601. The van der Waals surface area contributed by atoms with Crippen LogP contribution in [0.15, 0.2) is 18.2 Å². The molecule has 1 aliphatic rings. The third-order valence-electron chi connectivity index (χ3n) is 2.95. The van der Waals surface area contributed by atoms with Gasteiger partial charge in [-0.2, -0.15) is 4.39 Å². The van der Waals surface area contributed by atoms with Crippen molar-refractivity contribution in [3.8, 4) is 0 Å². The molecule has 2 rings (SSSR count). The number of anilines is 1. The van der Waals surface area contributed by atoms with Crippen LogP contribution in [0, 0.1) is 11.9 Å². The van der Waals surface area contributed by atoms with E-state index in [1.165, 1.54) is 12.1 Å². The van der Waals surface area contributed by atoms with Gasteiger partial charge in [-0.1, -0.05) is 13.0 Å². The Hall–Kier alpha value is -1.49. The van der Waals surface area contributed by atoms with Gasteiger partial charge in [0, 0.05) is 0 Å². The molecule has 2 unspecified atom stereocenters. The van der Waals surface area contributed by atoms with E-state index in [1.54, 1.807) is 6.07 Å². The number of halogens is 1. The number of nitrogens with zero attached hydrogens (tertiary/aromatic N) is 1. The summed E-state index contributed by atoms with van der Waals surface area (Å²) in [5, 5.41) is 5.77. The van der Waals surface area contributed by atoms with E-state index in [9.17, 15) is 9.18 Å². The molecule has 2 atom stereocenters. The highest BCUT2D eigenvalue weighted by atomic mass is 19.1. The Balaban J connectivity index is 1.96. The third-order valence-corrected chi connectivity index (χ3v) is 2.95. The first-order chi connectivity index (χ1) is 8.15. The van der Waals surface area contributed by atoms with Gasteiger partial charge in [-0.15, -0.1) is 0 Å². The van der Waals surface area contributed by atoms with Gasteiger partial charge in [0.15, 0.2) is 0 Å². The first-order valence-electron chi connectivity index (χ1n) is 5.82. The van der Waals surface area contributed by atoms with Crippen LogP contribution in [0.25, 0.3) is 0 Å². The highest BCUT2D eigenvalue weighted by Gasteiger charge is 2.24. The molecule has 0 aromatic carbocycles. The van der Waals surface area contributed by atoms with Crippen LogP contribution >= 0.6 is 0 Å². The molecule has 1 saturated heterocycles. The van der Waals surface area contributed by atoms with Gasteiger partial charge < -0.3 is 10.6 Å². The summed E-state index contributed by atoms with van der Waals surface area (Å²) >= 11 is 0. The van der Waals surface area contributed by atoms with Crippen LogP contribution in [0.2, 0.25) is 0 Å². The van der Waals surface area contributed by atoms with Crippen molar-refractivity contribution in [2.75, 3.05) is 11.9 Å². The summed E-state index contributed by atoms with van der Waals surface area (Å²) in [6.45, 7) is 2.97. The lowest BCUT2D eigenvalue weighted by molar-refractivity contribution is -0.119. The molecule has 1 fully saturated rings. The summed E-state index contributed by atoms with van der Waals surface area (Å²) in [7, 11) is 0. The van der Waals surface area contributed by atoms with Crippen molar-refractivity contribution >= 4 is 11.7 Å². The molecule has 0 saturated carbocycles. The minimum atomic E-state index is -0.590. The van der Waals surface area contributed by atoms with E-state index in [2.05, 4.69) is 22.5 Å². The maximum absolute atomic E-state index is 12.8. The monoisotopic (exact) mass is 237 g/mol. The van der Waals surface area contributed by atoms with Crippen LogP contribution in [-0.4, -0.2) is 23.5 Å². The van der Waals surface area contributed by atoms with Gasteiger partial charge in [0.05, 0.1) is 6.04 Å². The van der Waals surface area contributed by atoms with Crippen LogP contribution in [0.1, 0.15) is 19.8 Å². The average molecular weight is 237 g/mol. The first-order valence-corrected chi connectivity index (χ1v) is 5.82. The molecule has 0 aliphatic carbocycles. The van der Waals surface area contributed by atoms with E-state index in [0.717, 1.165) is 19.4 Å². The Morgan fingerprint density at radius 1 is 1.59 bits per heavy atom. The second-order valence-electron chi connectivity index (χ2n) is 4.47. The Kier molecular flexibility index (Phi) is 3.68. The second kappa shape index (κ2) is 5.23. The Labute approximate surface area is 99.6 Å². The van der Waals surface area contributed by atoms with E-state index < -0.39 is 5.95 Å². The Morgan fingerprint density at radius 3 is 3.12 bits per heavy atom. The molecule has 92 valence electrons. The largest absolute Gasteiger partial charge is 0.309 e. The fraction of sp³-hybridized carbons (Fsp3) is 0.500. The maximum Gasteiger partial charge on any atom is 0.242 e. The molecule has 1 amide bonds. The van der Waals surface area contributed by atoms with Crippen molar-refractivity contribution in [3.63, 3.8) is 0 Å². The SMILES string of the molecule is CC1CCNC(C(=O)Nc2cccc(F)n2)C1. The van der Waals surface area contributed by atoms with Crippen molar-refractivity contribution in [2.24, 2.45) is 5.92 Å². The summed E-state index contributed by atoms with van der Waals surface area (Å²) < 4.78 is 12.8. The molecule has 2 N–H and O–H groups in total. The number of amides is 1. The third kappa shape index (κ3) is 3.23. The number of rotatable bonds is 2. The van der Waals surface area contributed by atoms with Crippen LogP contribution in [0.5, 0.6) is 0 Å². The van der Waals surface area contributed by atoms with Gasteiger partial charge in [0.25, 0.3) is 0 Å². The highest BCUT2D eigenvalue weighted by molar-refractivity contribution is 5.94. The Bertz CT molecular complexity index is 410. The first kappa shape index (κ1) is 12.0. The van der Waals surface area contributed by atoms with Gasteiger partial charge in [0.2, 0.25) is 11.9 Å². The van der Waals surface area contributed by atoms with Crippen LogP contribution in [-0.2, 0) is 4.79 Å². The van der Waals surface area contributed by atoms with E-state index in [4.69, 9.17) is 0 Å². The number of hydrogen-bond acceptors (Lipinski definition) is 3. The molecule has 2 heterocycles. The quantitative estimate of drug-likeness (QED) is 0.767. The predicted molar refractivity (Wildman–Crippen MR) is 63.0 cm³/mol. The van der Waals surface area contributed by atoms with E-state index >= 15 is 0 Å². The van der Waals surface area contributed by atoms with Gasteiger partial charge in [-0.3, -0.25) is 4.79 Å². The molecule has 1 aromatic heterocycles. The topological polar surface area (TPSA) is 54.0 Å². The number of aromatic nitrogens is 1. The highest BCUT2D eigenvalue weighted by Crippen LogP contribution is 2.16. The molecule has 4 nitrogen and oxygen atoms in total. The van der Waals surface area contributed by atoms with E-state index in [0.29, 0.717) is 5.92 Å². The van der Waals surface area contributed by atoms with Crippen molar-refractivity contribution < 1.29 is 9.18 Å². The number of hydrogen-bond donors (Lipinski definition) is 2. The smallest absolute Gasteiger partial charge is 0.242 e. The molecule has 0 radical (unpaired) electrons. The fourth-order valence-corrected chi connectivity index (χ4v) is 2.00. The van der Waals surface area contributed by atoms with Gasteiger partial charge >= 0.3 is 0 Å². The summed E-state index contributed by atoms with van der Waals surface area (Å²) in [5.41, 5.74) is 0. The zero-order chi connectivity index (χ0) is 12.3. The van der Waals surface area contributed by atoms with Crippen molar-refractivity contribution in [2.45, 2.75) is 25.8 Å².